The van der Waals surface area contributed by atoms with Gasteiger partial charge in [-0.3, -0.25) is 15.0 Å². The topological polar surface area (TPSA) is 81.8 Å². The Morgan fingerprint density at radius 1 is 0.862 bits per heavy atom. The summed E-state index contributed by atoms with van der Waals surface area (Å²) in [6.45, 7) is 0. The number of nitrogens with one attached hydrogen (secondary N) is 1. The fourth-order valence-corrected chi connectivity index (χ4v) is 3.34. The number of hydrogen-bond acceptors (Lipinski definition) is 4. The molecule has 1 amide bonds. The van der Waals surface area contributed by atoms with E-state index in [1.807, 2.05) is 66.7 Å². The van der Waals surface area contributed by atoms with Crippen LogP contribution in [0.1, 0.15) is 10.4 Å². The standard InChI is InChI=1S/C22H15N5O2/c28-21(18-12-6-8-15-7-4-5-11-17(15)18)25-26-14-23-20-19(22(26)29)13-24-27(20)16-9-2-1-3-10-16/h1-14H,(H,25,28). The molecule has 7 heteroatoms. The molecule has 140 valence electrons. The number of nitrogens with zero attached hydrogens (tertiary/aromatic N) is 4. The number of fused-ring (bicyclic) bond motifs is 2. The third-order valence-corrected chi connectivity index (χ3v) is 4.75. The highest BCUT2D eigenvalue weighted by atomic mass is 16.2. The van der Waals surface area contributed by atoms with Crippen molar-refractivity contribution in [2.45, 2.75) is 0 Å². The monoisotopic (exact) mass is 381 g/mol. The molecule has 0 saturated heterocycles. The summed E-state index contributed by atoms with van der Waals surface area (Å²) < 4.78 is 2.68. The first kappa shape index (κ1) is 16.9. The molecule has 2 heterocycles. The Morgan fingerprint density at radius 3 is 2.48 bits per heavy atom. The number of rotatable bonds is 3. The van der Waals surface area contributed by atoms with Crippen molar-refractivity contribution in [1.29, 1.82) is 0 Å². The van der Waals surface area contributed by atoms with E-state index in [2.05, 4.69) is 15.5 Å². The Labute approximate surface area is 164 Å². The Hall–Kier alpha value is -4.26. The Balaban J connectivity index is 1.54. The molecule has 0 atom stereocenters. The fraction of sp³-hybridized carbons (Fsp3) is 0. The molecule has 0 unspecified atom stereocenters. The van der Waals surface area contributed by atoms with E-state index in [9.17, 15) is 9.59 Å². The lowest BCUT2D eigenvalue weighted by molar-refractivity contribution is 0.101. The van der Waals surface area contributed by atoms with E-state index in [0.29, 0.717) is 16.6 Å². The lowest BCUT2D eigenvalue weighted by Crippen LogP contribution is -2.33. The van der Waals surface area contributed by atoms with Gasteiger partial charge < -0.3 is 0 Å². The molecule has 0 aliphatic rings. The van der Waals surface area contributed by atoms with Gasteiger partial charge in [0, 0.05) is 5.56 Å². The zero-order chi connectivity index (χ0) is 19.8. The number of amides is 1. The van der Waals surface area contributed by atoms with Gasteiger partial charge in [-0.15, -0.1) is 0 Å². The van der Waals surface area contributed by atoms with Gasteiger partial charge in [-0.05, 0) is 29.0 Å². The van der Waals surface area contributed by atoms with Crippen molar-refractivity contribution in [3.8, 4) is 5.69 Å². The van der Waals surface area contributed by atoms with Crippen LogP contribution < -0.4 is 11.0 Å². The molecule has 0 bridgehead atoms. The van der Waals surface area contributed by atoms with Crippen LogP contribution in [-0.2, 0) is 0 Å². The second kappa shape index (κ2) is 6.72. The van der Waals surface area contributed by atoms with Crippen LogP contribution in [0.3, 0.4) is 0 Å². The highest BCUT2D eigenvalue weighted by Gasteiger charge is 2.14. The molecule has 5 rings (SSSR count). The van der Waals surface area contributed by atoms with Crippen molar-refractivity contribution < 1.29 is 4.79 Å². The van der Waals surface area contributed by atoms with Crippen LogP contribution in [0.2, 0.25) is 0 Å². The van der Waals surface area contributed by atoms with Gasteiger partial charge in [-0.1, -0.05) is 54.6 Å². The molecule has 0 saturated carbocycles. The van der Waals surface area contributed by atoms with Gasteiger partial charge in [-0.25, -0.2) is 14.3 Å². The van der Waals surface area contributed by atoms with Crippen molar-refractivity contribution in [2.24, 2.45) is 0 Å². The van der Waals surface area contributed by atoms with E-state index in [1.54, 1.807) is 10.7 Å². The average molecular weight is 381 g/mol. The van der Waals surface area contributed by atoms with E-state index < -0.39 is 5.56 Å². The molecule has 1 N–H and O–H groups in total. The lowest BCUT2D eigenvalue weighted by atomic mass is 10.0. The van der Waals surface area contributed by atoms with Gasteiger partial charge >= 0.3 is 0 Å². The second-order valence-corrected chi connectivity index (χ2v) is 6.52. The summed E-state index contributed by atoms with van der Waals surface area (Å²) in [4.78, 5) is 30.0. The highest BCUT2D eigenvalue weighted by Crippen LogP contribution is 2.18. The van der Waals surface area contributed by atoms with E-state index in [0.717, 1.165) is 21.1 Å². The normalized spacial score (nSPS) is 11.0. The predicted molar refractivity (Wildman–Crippen MR) is 111 cm³/mol. The fourth-order valence-electron chi connectivity index (χ4n) is 3.34. The first-order chi connectivity index (χ1) is 14.2. The minimum absolute atomic E-state index is 0.314. The van der Waals surface area contributed by atoms with E-state index in [4.69, 9.17) is 0 Å². The number of carbonyl (C=O) groups excluding carboxylic acids is 1. The van der Waals surface area contributed by atoms with Crippen LogP contribution in [0, 0.1) is 0 Å². The van der Waals surface area contributed by atoms with Crippen molar-refractivity contribution in [3.05, 3.63) is 101 Å². The number of benzene rings is 3. The van der Waals surface area contributed by atoms with Crippen LogP contribution in [0.15, 0.2) is 90.1 Å². The average Bonchev–Trinajstić information content (AvgIpc) is 3.21. The minimum atomic E-state index is -0.397. The SMILES string of the molecule is O=C(Nn1cnc2c(cnn2-c2ccccc2)c1=O)c1cccc2ccccc12. The molecule has 7 nitrogen and oxygen atoms in total. The molecule has 0 aliphatic heterocycles. The van der Waals surface area contributed by atoms with Crippen LogP contribution in [0.25, 0.3) is 27.5 Å². The predicted octanol–water partition coefficient (Wildman–Crippen LogP) is 3.12. The summed E-state index contributed by atoms with van der Waals surface area (Å²) in [7, 11) is 0. The van der Waals surface area contributed by atoms with Gasteiger partial charge in [0.05, 0.1) is 11.9 Å². The Bertz CT molecular complexity index is 1410. The third-order valence-electron chi connectivity index (χ3n) is 4.75. The molecule has 3 aromatic carbocycles. The molecular formula is C22H15N5O2. The number of hydrogen-bond donors (Lipinski definition) is 1. The zero-order valence-electron chi connectivity index (χ0n) is 15.2. The number of aromatic nitrogens is 4. The van der Waals surface area contributed by atoms with Crippen LogP contribution in [0.5, 0.6) is 0 Å². The Kier molecular flexibility index (Phi) is 3.91. The molecule has 0 radical (unpaired) electrons. The van der Waals surface area contributed by atoms with Gasteiger partial charge in [0.15, 0.2) is 5.65 Å². The first-order valence-corrected chi connectivity index (χ1v) is 9.02. The second-order valence-electron chi connectivity index (χ2n) is 6.52. The van der Waals surface area contributed by atoms with Crippen molar-refractivity contribution in [1.82, 2.24) is 19.4 Å². The largest absolute Gasteiger partial charge is 0.283 e. The Morgan fingerprint density at radius 2 is 1.62 bits per heavy atom. The summed E-state index contributed by atoms with van der Waals surface area (Å²) in [5.74, 6) is -0.388. The van der Waals surface area contributed by atoms with Crippen LogP contribution >= 0.6 is 0 Å². The lowest BCUT2D eigenvalue weighted by Gasteiger charge is -2.10. The van der Waals surface area contributed by atoms with E-state index in [-0.39, 0.29) is 5.91 Å². The maximum Gasteiger partial charge on any atom is 0.283 e. The summed E-state index contributed by atoms with van der Waals surface area (Å²) in [6, 6.07) is 22.5. The molecule has 0 aliphatic carbocycles. The molecule has 2 aromatic heterocycles. The van der Waals surface area contributed by atoms with Crippen LogP contribution in [0.4, 0.5) is 0 Å². The summed E-state index contributed by atoms with van der Waals surface area (Å²) in [6.07, 6.45) is 2.76. The van der Waals surface area contributed by atoms with Gasteiger partial charge in [-0.2, -0.15) is 5.10 Å². The maximum absolute atomic E-state index is 12.9. The molecule has 5 aromatic rings. The summed E-state index contributed by atoms with van der Waals surface area (Å²) in [5.41, 5.74) is 3.94. The molecule has 0 fully saturated rings. The van der Waals surface area contributed by atoms with Crippen molar-refractivity contribution in [3.63, 3.8) is 0 Å². The van der Waals surface area contributed by atoms with Crippen molar-refractivity contribution >= 4 is 27.7 Å². The number of para-hydroxylation sites is 1. The third kappa shape index (κ3) is 2.85. The van der Waals surface area contributed by atoms with Gasteiger partial charge in [0.25, 0.3) is 11.5 Å². The molecule has 29 heavy (non-hydrogen) atoms. The minimum Gasteiger partial charge on any atom is -0.267 e. The number of carbonyl (C=O) groups is 1. The van der Waals surface area contributed by atoms with Crippen molar-refractivity contribution in [2.75, 3.05) is 5.43 Å². The van der Waals surface area contributed by atoms with Gasteiger partial charge in [0.2, 0.25) is 0 Å². The summed E-state index contributed by atoms with van der Waals surface area (Å²) >= 11 is 0. The highest BCUT2D eigenvalue weighted by molar-refractivity contribution is 6.10. The van der Waals surface area contributed by atoms with Gasteiger partial charge in [0.1, 0.15) is 11.7 Å². The first-order valence-electron chi connectivity index (χ1n) is 9.02. The summed E-state index contributed by atoms with van der Waals surface area (Å²) in [5, 5.41) is 6.35. The van der Waals surface area contributed by atoms with Crippen LogP contribution in [-0.4, -0.2) is 25.3 Å². The molecule has 0 spiro atoms. The smallest absolute Gasteiger partial charge is 0.267 e. The van der Waals surface area contributed by atoms with E-state index in [1.165, 1.54) is 12.5 Å². The molecular weight excluding hydrogens is 366 g/mol. The maximum atomic E-state index is 12.9. The zero-order valence-corrected chi connectivity index (χ0v) is 15.2. The van der Waals surface area contributed by atoms with E-state index >= 15 is 0 Å². The quantitative estimate of drug-likeness (QED) is 0.521.